The first-order valence-electron chi connectivity index (χ1n) is 10.4. The number of hydrogen-bond donors (Lipinski definition) is 1. The predicted molar refractivity (Wildman–Crippen MR) is 129 cm³/mol. The average Bonchev–Trinajstić information content (AvgIpc) is 3.42. The van der Waals surface area contributed by atoms with E-state index in [-0.39, 0.29) is 5.91 Å². The lowest BCUT2D eigenvalue weighted by atomic mass is 10.1. The highest BCUT2D eigenvalue weighted by Crippen LogP contribution is 2.29. The molecule has 3 aromatic carbocycles. The molecule has 164 valence electrons. The summed E-state index contributed by atoms with van der Waals surface area (Å²) in [7, 11) is 0. The molecule has 0 radical (unpaired) electrons. The maximum absolute atomic E-state index is 12.9. The van der Waals surface area contributed by atoms with Gasteiger partial charge in [0, 0.05) is 16.8 Å². The van der Waals surface area contributed by atoms with Crippen molar-refractivity contribution in [2.24, 2.45) is 0 Å². The first kappa shape index (κ1) is 20.8. The zero-order valence-corrected chi connectivity index (χ0v) is 19.0. The molecule has 5 aromatic rings. The maximum atomic E-state index is 12.9. The van der Waals surface area contributed by atoms with Gasteiger partial charge < -0.3 is 10.1 Å². The van der Waals surface area contributed by atoms with Crippen LogP contribution in [0.25, 0.3) is 15.5 Å². The van der Waals surface area contributed by atoms with Crippen molar-refractivity contribution in [3.8, 4) is 16.3 Å². The van der Waals surface area contributed by atoms with Crippen molar-refractivity contribution in [2.45, 2.75) is 20.5 Å². The van der Waals surface area contributed by atoms with Gasteiger partial charge in [0.2, 0.25) is 4.96 Å². The molecule has 2 aromatic heterocycles. The molecule has 7 nitrogen and oxygen atoms in total. The lowest BCUT2D eigenvalue weighted by Gasteiger charge is -2.11. The second-order valence-electron chi connectivity index (χ2n) is 7.63. The van der Waals surface area contributed by atoms with Gasteiger partial charge in [0.25, 0.3) is 5.91 Å². The van der Waals surface area contributed by atoms with E-state index in [0.717, 1.165) is 38.2 Å². The number of carbonyl (C=O) groups is 1. The Morgan fingerprint density at radius 1 is 1.00 bits per heavy atom. The van der Waals surface area contributed by atoms with Crippen LogP contribution < -0.4 is 10.1 Å². The van der Waals surface area contributed by atoms with Crippen LogP contribution in [-0.4, -0.2) is 25.7 Å². The predicted octanol–water partition coefficient (Wildman–Crippen LogP) is 5.30. The molecule has 0 unspecified atom stereocenters. The van der Waals surface area contributed by atoms with Crippen molar-refractivity contribution in [3.05, 3.63) is 95.3 Å². The summed E-state index contributed by atoms with van der Waals surface area (Å²) in [6.07, 6.45) is 0. The molecule has 5 rings (SSSR count). The average molecular weight is 456 g/mol. The molecule has 33 heavy (non-hydrogen) atoms. The molecule has 8 heteroatoms. The fraction of sp³-hybridized carbons (Fsp3) is 0.120. The van der Waals surface area contributed by atoms with Gasteiger partial charge in [0.05, 0.1) is 0 Å². The highest BCUT2D eigenvalue weighted by atomic mass is 32.1. The monoisotopic (exact) mass is 455 g/mol. The van der Waals surface area contributed by atoms with E-state index < -0.39 is 0 Å². The van der Waals surface area contributed by atoms with Gasteiger partial charge in [-0.3, -0.25) is 4.79 Å². The third kappa shape index (κ3) is 4.47. The van der Waals surface area contributed by atoms with Crippen molar-refractivity contribution >= 4 is 27.9 Å². The lowest BCUT2D eigenvalue weighted by Crippen LogP contribution is -2.12. The summed E-state index contributed by atoms with van der Waals surface area (Å²) in [5, 5.41) is 16.6. The molecule has 2 heterocycles. The lowest BCUT2D eigenvalue weighted by molar-refractivity contribution is 0.102. The molecule has 0 saturated carbocycles. The summed E-state index contributed by atoms with van der Waals surface area (Å²) in [6, 6.07) is 23.0. The zero-order valence-electron chi connectivity index (χ0n) is 18.1. The summed E-state index contributed by atoms with van der Waals surface area (Å²) in [5.74, 6) is 1.27. The van der Waals surface area contributed by atoms with Crippen LogP contribution in [0.3, 0.4) is 0 Å². The topological polar surface area (TPSA) is 81.4 Å². The summed E-state index contributed by atoms with van der Waals surface area (Å²) >= 11 is 1.46. The minimum absolute atomic E-state index is 0.182. The van der Waals surface area contributed by atoms with Gasteiger partial charge in [-0.15, -0.1) is 10.2 Å². The molecule has 0 atom stereocenters. The fourth-order valence-electron chi connectivity index (χ4n) is 3.36. The Bertz CT molecular complexity index is 1420. The number of nitrogens with zero attached hydrogens (tertiary/aromatic N) is 4. The molecule has 0 fully saturated rings. The van der Waals surface area contributed by atoms with Gasteiger partial charge in [-0.25, -0.2) is 0 Å². The van der Waals surface area contributed by atoms with Gasteiger partial charge in [-0.2, -0.15) is 9.61 Å². The number of amides is 1. The van der Waals surface area contributed by atoms with Crippen LogP contribution >= 0.6 is 11.3 Å². The number of nitrogens with one attached hydrogen (secondary N) is 1. The normalized spacial score (nSPS) is 11.0. The van der Waals surface area contributed by atoms with E-state index in [0.29, 0.717) is 17.9 Å². The van der Waals surface area contributed by atoms with Crippen LogP contribution in [0.5, 0.6) is 5.75 Å². The van der Waals surface area contributed by atoms with Crippen LogP contribution in [0.2, 0.25) is 0 Å². The molecule has 0 spiro atoms. The van der Waals surface area contributed by atoms with Gasteiger partial charge in [0.1, 0.15) is 17.4 Å². The zero-order chi connectivity index (χ0) is 22.8. The van der Waals surface area contributed by atoms with Gasteiger partial charge in [-0.1, -0.05) is 53.8 Å². The molecule has 0 bridgehead atoms. The number of aromatic nitrogens is 4. The van der Waals surface area contributed by atoms with E-state index in [1.165, 1.54) is 11.3 Å². The SMILES string of the molecule is Cc1ccc(-c2nn3c(C)nnc3s2)cc1NC(=O)c1ccc(OCc2ccccc2)cc1. The summed E-state index contributed by atoms with van der Waals surface area (Å²) < 4.78 is 7.53. The number of benzene rings is 3. The third-order valence-corrected chi connectivity index (χ3v) is 6.19. The Labute approximate surface area is 194 Å². The number of carbonyl (C=O) groups excluding carboxylic acids is 1. The van der Waals surface area contributed by atoms with Crippen molar-refractivity contribution in [1.29, 1.82) is 0 Å². The second kappa shape index (κ2) is 8.84. The minimum Gasteiger partial charge on any atom is -0.489 e. The Kier molecular flexibility index (Phi) is 5.58. The van der Waals surface area contributed by atoms with E-state index in [1.54, 1.807) is 16.6 Å². The number of aryl methyl sites for hydroxylation is 2. The Hall–Kier alpha value is -4.04. The highest BCUT2D eigenvalue weighted by Gasteiger charge is 2.13. The number of anilines is 1. The van der Waals surface area contributed by atoms with Crippen LogP contribution in [0.15, 0.2) is 72.8 Å². The molecular formula is C25H21N5O2S. The largest absolute Gasteiger partial charge is 0.489 e. The molecule has 1 N–H and O–H groups in total. The third-order valence-electron chi connectivity index (χ3n) is 5.24. The van der Waals surface area contributed by atoms with E-state index in [9.17, 15) is 4.79 Å². The standard InChI is InChI=1S/C25H21N5O2S/c1-16-8-9-20(24-29-30-17(2)27-28-25(30)33-24)14-22(16)26-23(31)19-10-12-21(13-11-19)32-15-18-6-4-3-5-7-18/h3-14H,15H2,1-2H3,(H,26,31). The summed E-state index contributed by atoms with van der Waals surface area (Å²) in [4.78, 5) is 13.6. The fourth-order valence-corrected chi connectivity index (χ4v) is 4.24. The molecule has 0 aliphatic heterocycles. The summed E-state index contributed by atoms with van der Waals surface area (Å²) in [6.45, 7) is 4.31. The molecular weight excluding hydrogens is 434 g/mol. The van der Waals surface area contributed by atoms with E-state index >= 15 is 0 Å². The number of rotatable bonds is 6. The Morgan fingerprint density at radius 3 is 2.55 bits per heavy atom. The van der Waals surface area contributed by atoms with Crippen molar-refractivity contribution in [2.75, 3.05) is 5.32 Å². The quantitative estimate of drug-likeness (QED) is 0.376. The van der Waals surface area contributed by atoms with Gasteiger partial charge in [0.15, 0.2) is 5.82 Å². The Balaban J connectivity index is 1.29. The highest BCUT2D eigenvalue weighted by molar-refractivity contribution is 7.19. The number of ether oxygens (including phenoxy) is 1. The number of fused-ring (bicyclic) bond motifs is 1. The van der Waals surface area contributed by atoms with Crippen LogP contribution in [0.4, 0.5) is 5.69 Å². The maximum Gasteiger partial charge on any atom is 0.255 e. The van der Waals surface area contributed by atoms with Crippen molar-refractivity contribution in [1.82, 2.24) is 19.8 Å². The van der Waals surface area contributed by atoms with Crippen LogP contribution in [0, 0.1) is 13.8 Å². The molecule has 0 aliphatic rings. The van der Waals surface area contributed by atoms with Crippen molar-refractivity contribution < 1.29 is 9.53 Å². The second-order valence-corrected chi connectivity index (χ2v) is 8.59. The van der Waals surface area contributed by atoms with E-state index in [4.69, 9.17) is 4.74 Å². The van der Waals surface area contributed by atoms with Gasteiger partial charge >= 0.3 is 0 Å². The number of hydrogen-bond acceptors (Lipinski definition) is 6. The van der Waals surface area contributed by atoms with Crippen LogP contribution in [0.1, 0.15) is 27.3 Å². The van der Waals surface area contributed by atoms with E-state index in [2.05, 4.69) is 20.6 Å². The molecule has 1 amide bonds. The van der Waals surface area contributed by atoms with Crippen molar-refractivity contribution in [3.63, 3.8) is 0 Å². The van der Waals surface area contributed by atoms with Gasteiger partial charge in [-0.05, 0) is 55.3 Å². The molecule has 0 aliphatic carbocycles. The summed E-state index contributed by atoms with van der Waals surface area (Å²) in [5.41, 5.74) is 4.27. The van der Waals surface area contributed by atoms with E-state index in [1.807, 2.05) is 74.5 Å². The first-order chi connectivity index (χ1) is 16.1. The first-order valence-corrected chi connectivity index (χ1v) is 11.3. The van der Waals surface area contributed by atoms with Crippen LogP contribution in [-0.2, 0) is 6.61 Å². The smallest absolute Gasteiger partial charge is 0.255 e. The Morgan fingerprint density at radius 2 is 1.79 bits per heavy atom. The molecule has 0 saturated heterocycles. The minimum atomic E-state index is -0.182.